The number of nitrogens with one attached hydrogen (secondary N) is 2. The molecule has 29 heavy (non-hydrogen) atoms. The van der Waals surface area contributed by atoms with Crippen LogP contribution in [0.2, 0.25) is 0 Å². The average molecular weight is 391 g/mol. The van der Waals surface area contributed by atoms with Gasteiger partial charge >= 0.3 is 0 Å². The first-order valence-corrected chi connectivity index (χ1v) is 9.99. The third kappa shape index (κ3) is 4.47. The molecule has 0 radical (unpaired) electrons. The molecule has 0 amide bonds. The third-order valence-electron chi connectivity index (χ3n) is 5.48. The molecular formula is C23H26FN5. The van der Waals surface area contributed by atoms with Crippen LogP contribution in [0.4, 0.5) is 4.39 Å². The number of hydrogen-bond acceptors (Lipinski definition) is 2. The molecule has 2 aromatic carbocycles. The Bertz CT molecular complexity index is 976. The van der Waals surface area contributed by atoms with Crippen LogP contribution in [0.25, 0.3) is 5.69 Å². The predicted molar refractivity (Wildman–Crippen MR) is 114 cm³/mol. The first-order valence-electron chi connectivity index (χ1n) is 9.99. The fraction of sp³-hybridized carbons (Fsp3) is 0.304. The van der Waals surface area contributed by atoms with Crippen molar-refractivity contribution >= 4 is 5.96 Å². The van der Waals surface area contributed by atoms with Gasteiger partial charge in [0, 0.05) is 31.7 Å². The van der Waals surface area contributed by atoms with Gasteiger partial charge in [-0.15, -0.1) is 0 Å². The van der Waals surface area contributed by atoms with Gasteiger partial charge in [-0.2, -0.15) is 5.10 Å². The summed E-state index contributed by atoms with van der Waals surface area (Å²) in [6, 6.07) is 17.1. The molecule has 1 aliphatic carbocycles. The van der Waals surface area contributed by atoms with Gasteiger partial charge in [-0.3, -0.25) is 4.99 Å². The van der Waals surface area contributed by atoms with E-state index in [0.29, 0.717) is 6.54 Å². The number of nitrogens with zero attached hydrogens (tertiary/aromatic N) is 3. The topological polar surface area (TPSA) is 54.2 Å². The molecule has 1 fully saturated rings. The lowest BCUT2D eigenvalue weighted by atomic mass is 9.95. The highest BCUT2D eigenvalue weighted by molar-refractivity contribution is 5.79. The summed E-state index contributed by atoms with van der Waals surface area (Å²) in [7, 11) is 1.76. The Balaban J connectivity index is 1.28. The third-order valence-corrected chi connectivity index (χ3v) is 5.48. The lowest BCUT2D eigenvalue weighted by Gasteiger charge is -2.19. The van der Waals surface area contributed by atoms with E-state index in [4.69, 9.17) is 0 Å². The first-order chi connectivity index (χ1) is 14.2. The Hall–Kier alpha value is -3.15. The standard InChI is InChI=1S/C23H26FN5/c1-25-22(27-17-23(12-13-23)20-9-5-6-10-21(20)24)26-14-11-18-15-28-29(16-18)19-7-3-2-4-8-19/h2-10,15-16H,11-14,17H2,1H3,(H2,25,26,27). The van der Waals surface area contributed by atoms with Crippen LogP contribution in [0.1, 0.15) is 24.0 Å². The molecule has 4 rings (SSSR count). The van der Waals surface area contributed by atoms with Gasteiger partial charge in [0.1, 0.15) is 5.82 Å². The van der Waals surface area contributed by atoms with Crippen molar-refractivity contribution in [1.82, 2.24) is 20.4 Å². The van der Waals surface area contributed by atoms with Crippen LogP contribution in [0.3, 0.4) is 0 Å². The second-order valence-electron chi connectivity index (χ2n) is 7.49. The first kappa shape index (κ1) is 19.2. The van der Waals surface area contributed by atoms with Crippen LogP contribution >= 0.6 is 0 Å². The van der Waals surface area contributed by atoms with Crippen molar-refractivity contribution in [2.75, 3.05) is 20.1 Å². The number of para-hydroxylation sites is 1. The maximum absolute atomic E-state index is 14.2. The molecule has 1 aliphatic rings. The zero-order chi connectivity index (χ0) is 20.1. The predicted octanol–water partition coefficient (Wildman–Crippen LogP) is 3.45. The minimum Gasteiger partial charge on any atom is -0.356 e. The molecule has 150 valence electrons. The van der Waals surface area contributed by atoms with Crippen LogP contribution in [0, 0.1) is 5.82 Å². The van der Waals surface area contributed by atoms with E-state index in [1.54, 1.807) is 13.1 Å². The number of aromatic nitrogens is 2. The van der Waals surface area contributed by atoms with Crippen molar-refractivity contribution in [1.29, 1.82) is 0 Å². The zero-order valence-electron chi connectivity index (χ0n) is 16.6. The highest BCUT2D eigenvalue weighted by atomic mass is 19.1. The molecule has 1 aromatic heterocycles. The fourth-order valence-electron chi connectivity index (χ4n) is 3.59. The summed E-state index contributed by atoms with van der Waals surface area (Å²) in [6.07, 6.45) is 6.77. The lowest BCUT2D eigenvalue weighted by Crippen LogP contribution is -2.42. The molecule has 0 saturated heterocycles. The van der Waals surface area contributed by atoms with Gasteiger partial charge in [-0.05, 0) is 48.6 Å². The number of benzene rings is 2. The van der Waals surface area contributed by atoms with E-state index in [1.807, 2.05) is 59.5 Å². The summed E-state index contributed by atoms with van der Waals surface area (Å²) in [4.78, 5) is 4.30. The summed E-state index contributed by atoms with van der Waals surface area (Å²) in [5.41, 5.74) is 2.89. The Morgan fingerprint density at radius 3 is 2.59 bits per heavy atom. The molecule has 2 N–H and O–H groups in total. The highest BCUT2D eigenvalue weighted by Gasteiger charge is 2.45. The van der Waals surface area contributed by atoms with Crippen LogP contribution in [-0.4, -0.2) is 35.9 Å². The Morgan fingerprint density at radius 1 is 1.10 bits per heavy atom. The molecule has 6 heteroatoms. The maximum Gasteiger partial charge on any atom is 0.191 e. The highest BCUT2D eigenvalue weighted by Crippen LogP contribution is 2.48. The van der Waals surface area contributed by atoms with E-state index in [0.717, 1.165) is 48.6 Å². The zero-order valence-corrected chi connectivity index (χ0v) is 16.6. The molecule has 0 spiro atoms. The quantitative estimate of drug-likeness (QED) is 0.479. The van der Waals surface area contributed by atoms with E-state index in [-0.39, 0.29) is 11.2 Å². The Labute approximate surface area is 170 Å². The minimum atomic E-state index is -0.120. The van der Waals surface area contributed by atoms with E-state index in [1.165, 1.54) is 6.07 Å². The van der Waals surface area contributed by atoms with Crippen molar-refractivity contribution < 1.29 is 4.39 Å². The molecule has 1 heterocycles. The van der Waals surface area contributed by atoms with Gasteiger partial charge in [-0.25, -0.2) is 9.07 Å². The summed E-state index contributed by atoms with van der Waals surface area (Å²) in [5, 5.41) is 11.1. The van der Waals surface area contributed by atoms with Crippen molar-refractivity contribution in [2.45, 2.75) is 24.7 Å². The monoisotopic (exact) mass is 391 g/mol. The van der Waals surface area contributed by atoms with E-state index >= 15 is 0 Å². The normalized spacial score (nSPS) is 15.2. The minimum absolute atomic E-state index is 0.111. The number of guanidine groups is 1. The number of hydrogen-bond donors (Lipinski definition) is 2. The van der Waals surface area contributed by atoms with Crippen molar-refractivity contribution in [2.24, 2.45) is 4.99 Å². The summed E-state index contributed by atoms with van der Waals surface area (Å²) in [6.45, 7) is 1.42. The van der Waals surface area contributed by atoms with Gasteiger partial charge in [0.15, 0.2) is 5.96 Å². The molecule has 0 bridgehead atoms. The van der Waals surface area contributed by atoms with E-state index in [9.17, 15) is 4.39 Å². The summed E-state index contributed by atoms with van der Waals surface area (Å²) < 4.78 is 16.0. The number of aliphatic imine (C=N–C) groups is 1. The van der Waals surface area contributed by atoms with Crippen molar-refractivity contribution in [3.63, 3.8) is 0 Å². The van der Waals surface area contributed by atoms with Gasteiger partial charge in [0.2, 0.25) is 0 Å². The van der Waals surface area contributed by atoms with Crippen molar-refractivity contribution in [3.8, 4) is 5.69 Å². The summed E-state index contributed by atoms with van der Waals surface area (Å²) >= 11 is 0. The lowest BCUT2D eigenvalue weighted by molar-refractivity contribution is 0.559. The largest absolute Gasteiger partial charge is 0.356 e. The van der Waals surface area contributed by atoms with Gasteiger partial charge < -0.3 is 10.6 Å². The molecular weight excluding hydrogens is 365 g/mol. The van der Waals surface area contributed by atoms with E-state index < -0.39 is 0 Å². The van der Waals surface area contributed by atoms with Gasteiger partial charge in [0.25, 0.3) is 0 Å². The number of rotatable bonds is 7. The Morgan fingerprint density at radius 2 is 1.86 bits per heavy atom. The number of halogens is 1. The molecule has 1 saturated carbocycles. The smallest absolute Gasteiger partial charge is 0.191 e. The van der Waals surface area contributed by atoms with E-state index in [2.05, 4.69) is 20.7 Å². The SMILES string of the molecule is CN=C(NCCc1cnn(-c2ccccc2)c1)NCC1(c2ccccc2F)CC1. The molecule has 0 atom stereocenters. The van der Waals surface area contributed by atoms with Crippen LogP contribution in [-0.2, 0) is 11.8 Å². The van der Waals surface area contributed by atoms with Crippen molar-refractivity contribution in [3.05, 3.63) is 83.9 Å². The molecule has 0 unspecified atom stereocenters. The van der Waals surface area contributed by atoms with Gasteiger partial charge in [-0.1, -0.05) is 36.4 Å². The molecule has 5 nitrogen and oxygen atoms in total. The molecule has 3 aromatic rings. The second-order valence-corrected chi connectivity index (χ2v) is 7.49. The Kier molecular flexibility index (Phi) is 5.60. The van der Waals surface area contributed by atoms with Crippen LogP contribution in [0.5, 0.6) is 0 Å². The van der Waals surface area contributed by atoms with Gasteiger partial charge in [0.05, 0.1) is 11.9 Å². The summed E-state index contributed by atoms with van der Waals surface area (Å²) in [5.74, 6) is 0.619. The molecule has 0 aliphatic heterocycles. The van der Waals surface area contributed by atoms with Crippen LogP contribution in [0.15, 0.2) is 72.0 Å². The van der Waals surface area contributed by atoms with Crippen LogP contribution < -0.4 is 10.6 Å². The average Bonchev–Trinajstić information content (AvgIpc) is 3.39. The maximum atomic E-state index is 14.2. The fourth-order valence-corrected chi connectivity index (χ4v) is 3.59. The second kappa shape index (κ2) is 8.47.